The molecule has 168 valence electrons. The van der Waals surface area contributed by atoms with E-state index >= 15 is 0 Å². The van der Waals surface area contributed by atoms with Crippen molar-refractivity contribution in [3.05, 3.63) is 57.6 Å². The standard InChI is InChI=1S/C21H16BrF3N2O4S/c1-3-31-17-10-15(22)11(8-16(17)30-2)7-14-18(28)26-20(32)27(19(14)29)13-6-4-5-12(9-13)21(23,24)25/h4-10H,3H2,1-2H3,(H,26,28,32)/b14-7+. The molecule has 0 radical (unpaired) electrons. The first-order valence-corrected chi connectivity index (χ1v) is 10.4. The van der Waals surface area contributed by atoms with Crippen LogP contribution in [0.4, 0.5) is 18.9 Å². The highest BCUT2D eigenvalue weighted by Crippen LogP contribution is 2.36. The Morgan fingerprint density at radius 2 is 1.91 bits per heavy atom. The molecule has 0 saturated carbocycles. The van der Waals surface area contributed by atoms with E-state index in [4.69, 9.17) is 21.7 Å². The summed E-state index contributed by atoms with van der Waals surface area (Å²) in [5.41, 5.74) is -0.973. The van der Waals surface area contributed by atoms with Crippen LogP contribution in [0.3, 0.4) is 0 Å². The SMILES string of the molecule is CCOc1cc(Br)c(/C=C2\C(=O)NC(=S)N(c3cccc(C(F)(F)F)c3)C2=O)cc1OC. The summed E-state index contributed by atoms with van der Waals surface area (Å²) in [6.07, 6.45) is -3.31. The highest BCUT2D eigenvalue weighted by atomic mass is 79.9. The van der Waals surface area contributed by atoms with Crippen LogP contribution in [0.2, 0.25) is 0 Å². The fraction of sp³-hybridized carbons (Fsp3) is 0.190. The Kier molecular flexibility index (Phi) is 6.89. The summed E-state index contributed by atoms with van der Waals surface area (Å²) in [6, 6.07) is 7.29. The topological polar surface area (TPSA) is 67.9 Å². The molecule has 2 aromatic rings. The largest absolute Gasteiger partial charge is 0.493 e. The van der Waals surface area contributed by atoms with E-state index in [1.165, 1.54) is 19.3 Å². The molecular formula is C21H16BrF3N2O4S. The molecule has 2 amide bonds. The smallest absolute Gasteiger partial charge is 0.416 e. The van der Waals surface area contributed by atoms with E-state index in [9.17, 15) is 22.8 Å². The van der Waals surface area contributed by atoms with Crippen molar-refractivity contribution in [3.63, 3.8) is 0 Å². The lowest BCUT2D eigenvalue weighted by Crippen LogP contribution is -2.54. The number of nitrogens with one attached hydrogen (secondary N) is 1. The average molecular weight is 529 g/mol. The molecule has 11 heteroatoms. The number of alkyl halides is 3. The van der Waals surface area contributed by atoms with E-state index in [1.807, 2.05) is 0 Å². The van der Waals surface area contributed by atoms with Gasteiger partial charge in [0.25, 0.3) is 11.8 Å². The second-order valence-electron chi connectivity index (χ2n) is 6.46. The Labute approximate surface area is 195 Å². The van der Waals surface area contributed by atoms with Crippen molar-refractivity contribution in [1.29, 1.82) is 0 Å². The second kappa shape index (κ2) is 9.29. The summed E-state index contributed by atoms with van der Waals surface area (Å²) in [6.45, 7) is 2.20. The van der Waals surface area contributed by atoms with Gasteiger partial charge in [-0.25, -0.2) is 0 Å². The molecule has 3 rings (SSSR count). The van der Waals surface area contributed by atoms with E-state index in [2.05, 4.69) is 21.2 Å². The Balaban J connectivity index is 2.05. The molecule has 1 N–H and O–H groups in total. The third-order valence-electron chi connectivity index (χ3n) is 4.42. The van der Waals surface area contributed by atoms with Crippen LogP contribution in [0.25, 0.3) is 6.08 Å². The summed E-state index contributed by atoms with van der Waals surface area (Å²) in [5, 5.41) is 2.02. The van der Waals surface area contributed by atoms with Crippen LogP contribution in [0.5, 0.6) is 11.5 Å². The number of ether oxygens (including phenoxy) is 2. The monoisotopic (exact) mass is 528 g/mol. The minimum Gasteiger partial charge on any atom is -0.493 e. The van der Waals surface area contributed by atoms with Crippen molar-refractivity contribution in [2.24, 2.45) is 0 Å². The van der Waals surface area contributed by atoms with E-state index < -0.39 is 23.6 Å². The van der Waals surface area contributed by atoms with Crippen molar-refractivity contribution in [2.45, 2.75) is 13.1 Å². The van der Waals surface area contributed by atoms with Crippen LogP contribution >= 0.6 is 28.1 Å². The maximum Gasteiger partial charge on any atom is 0.416 e. The molecule has 1 aliphatic rings. The summed E-state index contributed by atoms with van der Waals surface area (Å²) in [4.78, 5) is 26.4. The molecule has 1 fully saturated rings. The van der Waals surface area contributed by atoms with E-state index in [0.717, 1.165) is 23.1 Å². The van der Waals surface area contributed by atoms with Crippen LogP contribution < -0.4 is 19.7 Å². The summed E-state index contributed by atoms with van der Waals surface area (Å²) >= 11 is 8.41. The average Bonchev–Trinajstić information content (AvgIpc) is 2.72. The van der Waals surface area contributed by atoms with Crippen molar-refractivity contribution >= 4 is 56.8 Å². The maximum absolute atomic E-state index is 13.1. The van der Waals surface area contributed by atoms with Crippen LogP contribution in [-0.2, 0) is 15.8 Å². The number of carbonyl (C=O) groups is 2. The first-order chi connectivity index (χ1) is 15.1. The van der Waals surface area contributed by atoms with Crippen molar-refractivity contribution < 1.29 is 32.2 Å². The third-order valence-corrected chi connectivity index (χ3v) is 5.39. The van der Waals surface area contributed by atoms with Gasteiger partial charge in [0.1, 0.15) is 5.57 Å². The van der Waals surface area contributed by atoms with E-state index in [1.54, 1.807) is 19.1 Å². The summed E-state index contributed by atoms with van der Waals surface area (Å²) < 4.78 is 50.6. The van der Waals surface area contributed by atoms with Gasteiger partial charge in [0.05, 0.1) is 25.0 Å². The molecule has 0 aliphatic carbocycles. The Hall–Kier alpha value is -2.92. The number of hydrogen-bond donors (Lipinski definition) is 1. The van der Waals surface area contributed by atoms with Gasteiger partial charge in [0, 0.05) is 4.47 Å². The maximum atomic E-state index is 13.1. The van der Waals surface area contributed by atoms with Crippen LogP contribution in [0.1, 0.15) is 18.1 Å². The van der Waals surface area contributed by atoms with E-state index in [0.29, 0.717) is 28.1 Å². The highest BCUT2D eigenvalue weighted by molar-refractivity contribution is 9.10. The number of anilines is 1. The number of halogens is 4. The minimum atomic E-state index is -4.61. The van der Waals surface area contributed by atoms with Gasteiger partial charge in [-0.1, -0.05) is 22.0 Å². The predicted octanol–water partition coefficient (Wildman–Crippen LogP) is 4.71. The molecule has 1 aliphatic heterocycles. The summed E-state index contributed by atoms with van der Waals surface area (Å²) in [5.74, 6) is -0.813. The zero-order valence-electron chi connectivity index (χ0n) is 16.7. The number of thiocarbonyl (C=S) groups is 1. The van der Waals surface area contributed by atoms with Gasteiger partial charge in [-0.3, -0.25) is 19.8 Å². The molecule has 32 heavy (non-hydrogen) atoms. The molecule has 0 unspecified atom stereocenters. The first kappa shape index (κ1) is 23.7. The fourth-order valence-corrected chi connectivity index (χ4v) is 3.68. The zero-order valence-corrected chi connectivity index (χ0v) is 19.2. The molecule has 0 atom stereocenters. The third kappa shape index (κ3) is 4.78. The van der Waals surface area contributed by atoms with Crippen molar-refractivity contribution in [3.8, 4) is 11.5 Å². The molecule has 0 aromatic heterocycles. The number of carbonyl (C=O) groups excluding carboxylic acids is 2. The van der Waals surface area contributed by atoms with Gasteiger partial charge < -0.3 is 9.47 Å². The minimum absolute atomic E-state index is 0.121. The first-order valence-electron chi connectivity index (χ1n) is 9.15. The molecule has 1 heterocycles. The van der Waals surface area contributed by atoms with Crippen LogP contribution in [0.15, 0.2) is 46.4 Å². The number of hydrogen-bond acceptors (Lipinski definition) is 5. The van der Waals surface area contributed by atoms with Gasteiger partial charge in [-0.05, 0) is 61.1 Å². The predicted molar refractivity (Wildman–Crippen MR) is 120 cm³/mol. The van der Waals surface area contributed by atoms with Gasteiger partial charge in [-0.2, -0.15) is 13.2 Å². The lowest BCUT2D eigenvalue weighted by Gasteiger charge is -2.29. The molecule has 1 saturated heterocycles. The number of nitrogens with zero attached hydrogens (tertiary/aromatic N) is 1. The van der Waals surface area contributed by atoms with E-state index in [-0.39, 0.29) is 16.4 Å². The Morgan fingerprint density at radius 3 is 2.53 bits per heavy atom. The number of benzene rings is 2. The fourth-order valence-electron chi connectivity index (χ4n) is 2.96. The molecular weight excluding hydrogens is 513 g/mol. The number of rotatable bonds is 5. The zero-order chi connectivity index (χ0) is 23.6. The lowest BCUT2D eigenvalue weighted by atomic mass is 10.1. The quantitative estimate of drug-likeness (QED) is 0.346. The van der Waals surface area contributed by atoms with Gasteiger partial charge in [-0.15, -0.1) is 0 Å². The summed E-state index contributed by atoms with van der Waals surface area (Å²) in [7, 11) is 1.44. The number of amides is 2. The number of methoxy groups -OCH3 is 1. The molecule has 0 bridgehead atoms. The lowest BCUT2D eigenvalue weighted by molar-refractivity contribution is -0.137. The van der Waals surface area contributed by atoms with Gasteiger partial charge >= 0.3 is 6.18 Å². The normalized spacial score (nSPS) is 15.8. The van der Waals surface area contributed by atoms with Crippen LogP contribution in [0, 0.1) is 0 Å². The van der Waals surface area contributed by atoms with Crippen LogP contribution in [-0.4, -0.2) is 30.6 Å². The van der Waals surface area contributed by atoms with Gasteiger partial charge in [0.2, 0.25) is 0 Å². The Morgan fingerprint density at radius 1 is 1.19 bits per heavy atom. The highest BCUT2D eigenvalue weighted by Gasteiger charge is 2.36. The molecule has 2 aromatic carbocycles. The Bertz CT molecular complexity index is 1130. The van der Waals surface area contributed by atoms with Crippen molar-refractivity contribution in [1.82, 2.24) is 5.32 Å². The molecule has 6 nitrogen and oxygen atoms in total. The van der Waals surface area contributed by atoms with Gasteiger partial charge in [0.15, 0.2) is 16.6 Å². The van der Waals surface area contributed by atoms with Crippen molar-refractivity contribution in [2.75, 3.05) is 18.6 Å². The molecule has 0 spiro atoms. The second-order valence-corrected chi connectivity index (χ2v) is 7.70.